The average Bonchev–Trinajstić information content (AvgIpc) is 2.99. The lowest BCUT2D eigenvalue weighted by molar-refractivity contribution is -0.149. The Labute approximate surface area is 189 Å². The maximum absolute atomic E-state index is 12.8. The molecule has 2 N–H and O–H groups in total. The van der Waals surface area contributed by atoms with E-state index in [4.69, 9.17) is 9.47 Å². The molecule has 2 unspecified atom stereocenters. The average molecular weight is 447 g/mol. The molecule has 0 radical (unpaired) electrons. The van der Waals surface area contributed by atoms with E-state index >= 15 is 0 Å². The number of fused-ring (bicyclic) bond motifs is 2. The third-order valence-electron chi connectivity index (χ3n) is 6.51. The van der Waals surface area contributed by atoms with E-state index in [0.717, 1.165) is 18.4 Å². The third kappa shape index (κ3) is 5.16. The molecule has 2 fully saturated rings. The number of benzene rings is 1. The number of piperidine rings is 1. The molecule has 0 saturated carbocycles. The number of hydrogen-bond donors (Lipinski definition) is 2. The van der Waals surface area contributed by atoms with Gasteiger partial charge in [-0.2, -0.15) is 0 Å². The minimum Gasteiger partial charge on any atom is -0.479 e. The number of carbonyl (C=O) groups is 3. The molecule has 3 atom stereocenters. The number of nitrogens with zero attached hydrogens (tertiary/aromatic N) is 1. The van der Waals surface area contributed by atoms with Gasteiger partial charge in [0.1, 0.15) is 17.7 Å². The maximum Gasteiger partial charge on any atom is 0.410 e. The van der Waals surface area contributed by atoms with Gasteiger partial charge in [0, 0.05) is 12.1 Å². The zero-order valence-electron chi connectivity index (χ0n) is 19.3. The lowest BCUT2D eigenvalue weighted by atomic mass is 9.73. The highest BCUT2D eigenvalue weighted by atomic mass is 16.6. The van der Waals surface area contributed by atoms with Gasteiger partial charge in [0.05, 0.1) is 0 Å². The van der Waals surface area contributed by atoms with Crippen LogP contribution < -0.4 is 5.32 Å². The Hall–Kier alpha value is -2.77. The second-order valence-electron chi connectivity index (χ2n) is 9.76. The van der Waals surface area contributed by atoms with E-state index in [0.29, 0.717) is 12.8 Å². The summed E-state index contributed by atoms with van der Waals surface area (Å²) in [7, 11) is 0. The highest BCUT2D eigenvalue weighted by molar-refractivity contribution is 5.85. The zero-order valence-corrected chi connectivity index (χ0v) is 19.3. The first-order valence-corrected chi connectivity index (χ1v) is 11.3. The monoisotopic (exact) mass is 446 g/mol. The molecule has 3 rings (SSSR count). The predicted molar refractivity (Wildman–Crippen MR) is 118 cm³/mol. The number of amides is 2. The van der Waals surface area contributed by atoms with Crippen LogP contribution in [-0.4, -0.2) is 51.4 Å². The quantitative estimate of drug-likeness (QED) is 0.674. The number of carbonyl (C=O) groups excluding carboxylic acids is 2. The fourth-order valence-corrected chi connectivity index (χ4v) is 5.02. The van der Waals surface area contributed by atoms with Gasteiger partial charge < -0.3 is 24.8 Å². The van der Waals surface area contributed by atoms with Gasteiger partial charge in [0.2, 0.25) is 0 Å². The predicted octanol–water partition coefficient (Wildman–Crippen LogP) is 4.32. The normalized spacial score (nSPS) is 24.4. The topological polar surface area (TPSA) is 105 Å². The van der Waals surface area contributed by atoms with E-state index < -0.39 is 23.2 Å². The highest BCUT2D eigenvalue weighted by Crippen LogP contribution is 2.44. The molecule has 8 heteroatoms. The van der Waals surface area contributed by atoms with Crippen molar-refractivity contribution in [3.05, 3.63) is 35.9 Å². The molecule has 0 aliphatic carbocycles. The largest absolute Gasteiger partial charge is 0.479 e. The number of rotatable bonds is 6. The number of aliphatic carboxylic acids is 1. The molecule has 8 nitrogen and oxygen atoms in total. The molecule has 1 aromatic rings. The van der Waals surface area contributed by atoms with Crippen molar-refractivity contribution in [2.24, 2.45) is 5.92 Å². The van der Waals surface area contributed by atoms with Gasteiger partial charge in [-0.3, -0.25) is 0 Å². The summed E-state index contributed by atoms with van der Waals surface area (Å²) in [4.78, 5) is 39.5. The van der Waals surface area contributed by atoms with Crippen LogP contribution in [0.2, 0.25) is 0 Å². The van der Waals surface area contributed by atoms with Crippen molar-refractivity contribution in [3.8, 4) is 0 Å². The van der Waals surface area contributed by atoms with Crippen LogP contribution in [0.1, 0.15) is 65.4 Å². The number of nitrogens with one attached hydrogen (secondary N) is 1. The minimum absolute atomic E-state index is 0.104. The van der Waals surface area contributed by atoms with Crippen LogP contribution in [-0.2, 0) is 20.9 Å². The first-order chi connectivity index (χ1) is 15.1. The highest BCUT2D eigenvalue weighted by Gasteiger charge is 2.54. The van der Waals surface area contributed by atoms with Crippen LogP contribution in [0.5, 0.6) is 0 Å². The molecule has 2 heterocycles. The maximum atomic E-state index is 12.8. The first-order valence-electron chi connectivity index (χ1n) is 11.3. The van der Waals surface area contributed by atoms with E-state index in [1.807, 2.05) is 30.3 Å². The van der Waals surface area contributed by atoms with Crippen molar-refractivity contribution in [2.75, 3.05) is 0 Å². The molecular formula is C24H34N2O6. The van der Waals surface area contributed by atoms with Crippen molar-refractivity contribution in [3.63, 3.8) is 0 Å². The van der Waals surface area contributed by atoms with Crippen LogP contribution in [0, 0.1) is 5.92 Å². The molecule has 0 spiro atoms. The van der Waals surface area contributed by atoms with Gasteiger partial charge in [-0.15, -0.1) is 0 Å². The Balaban J connectivity index is 1.70. The number of hydrogen-bond acceptors (Lipinski definition) is 5. The molecule has 0 aromatic heterocycles. The van der Waals surface area contributed by atoms with Crippen molar-refractivity contribution >= 4 is 18.2 Å². The SMILES string of the molecule is CC[C@@](NC(=O)OC(C)(C)C)(C(=O)O)C1CC2CCC(C1)N2C(=O)OCc1ccccc1. The van der Waals surface area contributed by atoms with Crippen molar-refractivity contribution in [1.82, 2.24) is 10.2 Å². The van der Waals surface area contributed by atoms with Gasteiger partial charge in [-0.25, -0.2) is 14.4 Å². The van der Waals surface area contributed by atoms with Crippen LogP contribution in [0.4, 0.5) is 9.59 Å². The van der Waals surface area contributed by atoms with E-state index in [1.54, 1.807) is 32.6 Å². The molecule has 2 amide bonds. The summed E-state index contributed by atoms with van der Waals surface area (Å²) >= 11 is 0. The molecule has 176 valence electrons. The summed E-state index contributed by atoms with van der Waals surface area (Å²) in [6, 6.07) is 9.29. The lowest BCUT2D eigenvalue weighted by Gasteiger charge is -2.45. The van der Waals surface area contributed by atoms with Gasteiger partial charge in [-0.05, 0) is 64.4 Å². The van der Waals surface area contributed by atoms with Crippen LogP contribution in [0.3, 0.4) is 0 Å². The Bertz CT molecular complexity index is 823. The Morgan fingerprint density at radius 1 is 1.09 bits per heavy atom. The van der Waals surface area contributed by atoms with Crippen molar-refractivity contribution < 1.29 is 29.0 Å². The third-order valence-corrected chi connectivity index (χ3v) is 6.51. The Kier molecular flexibility index (Phi) is 7.00. The van der Waals surface area contributed by atoms with E-state index in [9.17, 15) is 19.5 Å². The van der Waals surface area contributed by atoms with Crippen LogP contribution >= 0.6 is 0 Å². The summed E-state index contributed by atoms with van der Waals surface area (Å²) in [6.45, 7) is 7.17. The molecule has 2 aliphatic heterocycles. The molecule has 2 saturated heterocycles. The number of ether oxygens (including phenoxy) is 2. The summed E-state index contributed by atoms with van der Waals surface area (Å²) in [6.07, 6.45) is 1.71. The summed E-state index contributed by atoms with van der Waals surface area (Å²) in [5, 5.41) is 12.8. The van der Waals surface area contributed by atoms with E-state index in [-0.39, 0.29) is 37.1 Å². The fourth-order valence-electron chi connectivity index (χ4n) is 5.02. The van der Waals surface area contributed by atoms with E-state index in [1.165, 1.54) is 0 Å². The fraction of sp³-hybridized carbons (Fsp3) is 0.625. The van der Waals surface area contributed by atoms with Crippen LogP contribution in [0.15, 0.2) is 30.3 Å². The van der Waals surface area contributed by atoms with Gasteiger partial charge in [-0.1, -0.05) is 37.3 Å². The van der Waals surface area contributed by atoms with Crippen molar-refractivity contribution in [2.45, 2.75) is 89.6 Å². The standard InChI is InChI=1S/C24H34N2O6/c1-5-24(20(27)28,25-21(29)32-23(2,3)4)17-13-18-11-12-19(14-17)26(18)22(30)31-15-16-9-7-6-8-10-16/h6-10,17-19H,5,11-15H2,1-4H3,(H,25,29)(H,27,28)/t17?,18?,19?,24-/m0/s1. The summed E-state index contributed by atoms with van der Waals surface area (Å²) in [5.41, 5.74) is -1.25. The molecular weight excluding hydrogens is 412 g/mol. The van der Waals surface area contributed by atoms with Gasteiger partial charge in [0.15, 0.2) is 0 Å². The molecule has 2 aliphatic rings. The van der Waals surface area contributed by atoms with Gasteiger partial charge in [0.25, 0.3) is 0 Å². The molecule has 1 aromatic carbocycles. The van der Waals surface area contributed by atoms with Crippen molar-refractivity contribution in [1.29, 1.82) is 0 Å². The van der Waals surface area contributed by atoms with Gasteiger partial charge >= 0.3 is 18.2 Å². The lowest BCUT2D eigenvalue weighted by Crippen LogP contribution is -2.63. The Morgan fingerprint density at radius 3 is 2.19 bits per heavy atom. The first kappa shape index (κ1) is 23.9. The molecule has 2 bridgehead atoms. The second-order valence-corrected chi connectivity index (χ2v) is 9.76. The smallest absolute Gasteiger partial charge is 0.410 e. The molecule has 32 heavy (non-hydrogen) atoms. The second kappa shape index (κ2) is 9.38. The summed E-state index contributed by atoms with van der Waals surface area (Å²) in [5.74, 6) is -1.39. The number of carboxylic acids is 1. The summed E-state index contributed by atoms with van der Waals surface area (Å²) < 4.78 is 10.9. The van der Waals surface area contributed by atoms with E-state index in [2.05, 4.69) is 5.32 Å². The zero-order chi connectivity index (χ0) is 23.5. The number of alkyl carbamates (subject to hydrolysis) is 1. The number of carboxylic acid groups (broad SMARTS) is 1. The van der Waals surface area contributed by atoms with Crippen LogP contribution in [0.25, 0.3) is 0 Å². The minimum atomic E-state index is -1.44. The Morgan fingerprint density at radius 2 is 1.69 bits per heavy atom.